The van der Waals surface area contributed by atoms with E-state index in [0.29, 0.717) is 5.69 Å². The molecule has 0 unspecified atom stereocenters. The zero-order chi connectivity index (χ0) is 12.8. The zero-order valence-electron chi connectivity index (χ0n) is 10.6. The van der Waals surface area contributed by atoms with E-state index < -0.39 is 5.97 Å². The lowest BCUT2D eigenvalue weighted by molar-refractivity contribution is -0.899. The summed E-state index contributed by atoms with van der Waals surface area (Å²) >= 11 is 1.57. The number of thiazole rings is 1. The number of hydrogen-bond acceptors (Lipinski definition) is 4. The number of quaternary nitrogens is 1. The number of aromatic nitrogens is 1. The van der Waals surface area contributed by atoms with Gasteiger partial charge in [0.05, 0.1) is 30.3 Å². The molecule has 18 heavy (non-hydrogen) atoms. The number of nitrogens with zero attached hydrogens (tertiary/aromatic N) is 1. The van der Waals surface area contributed by atoms with E-state index in [0.717, 1.165) is 18.0 Å². The Bertz CT molecular complexity index is 384. The van der Waals surface area contributed by atoms with Crippen molar-refractivity contribution >= 4 is 17.3 Å². The van der Waals surface area contributed by atoms with Crippen LogP contribution in [0.25, 0.3) is 0 Å². The molecule has 1 aromatic rings. The van der Waals surface area contributed by atoms with Crippen LogP contribution in [0.1, 0.15) is 36.4 Å². The molecule has 0 aromatic carbocycles. The Kier molecular flexibility index (Phi) is 5.13. The normalized spacial score (nSPS) is 17.6. The minimum atomic E-state index is -1.05. The van der Waals surface area contributed by atoms with Crippen LogP contribution in [-0.2, 0) is 17.6 Å². The Hall–Kier alpha value is -0.940. The highest BCUT2D eigenvalue weighted by atomic mass is 32.1. The zero-order valence-corrected chi connectivity index (χ0v) is 11.4. The molecule has 0 amide bonds. The third kappa shape index (κ3) is 4.38. The van der Waals surface area contributed by atoms with E-state index in [1.165, 1.54) is 38.8 Å². The number of hydrogen-bond donors (Lipinski definition) is 1. The summed E-state index contributed by atoms with van der Waals surface area (Å²) < 4.78 is 0. The molecule has 2 heterocycles. The lowest BCUT2D eigenvalue weighted by atomic mass is 10.2. The van der Waals surface area contributed by atoms with E-state index in [4.69, 9.17) is 0 Å². The monoisotopic (exact) mass is 268 g/mol. The average molecular weight is 268 g/mol. The van der Waals surface area contributed by atoms with E-state index in [2.05, 4.69) is 4.98 Å². The number of carbonyl (C=O) groups excluding carboxylic acids is 1. The van der Waals surface area contributed by atoms with Crippen LogP contribution in [-0.4, -0.2) is 30.6 Å². The van der Waals surface area contributed by atoms with Gasteiger partial charge in [0.1, 0.15) is 0 Å². The van der Waals surface area contributed by atoms with E-state index >= 15 is 0 Å². The summed E-state index contributed by atoms with van der Waals surface area (Å²) in [7, 11) is 0. The number of carboxylic acid groups (broad SMARTS) is 1. The molecular formula is C13H20N2O2S. The summed E-state index contributed by atoms with van der Waals surface area (Å²) in [4.78, 5) is 16.5. The van der Waals surface area contributed by atoms with Gasteiger partial charge < -0.3 is 14.8 Å². The van der Waals surface area contributed by atoms with Crippen molar-refractivity contribution in [3.8, 4) is 0 Å². The smallest absolute Gasteiger partial charge is 0.0984 e. The first-order valence-corrected chi connectivity index (χ1v) is 7.58. The van der Waals surface area contributed by atoms with Crippen LogP contribution in [0.2, 0.25) is 0 Å². The number of carboxylic acids is 1. The summed E-state index contributed by atoms with van der Waals surface area (Å²) in [6, 6.07) is 0. The molecule has 2 rings (SSSR count). The van der Waals surface area contributed by atoms with E-state index in [9.17, 15) is 9.90 Å². The maximum absolute atomic E-state index is 10.5. The van der Waals surface area contributed by atoms with E-state index in [1.807, 2.05) is 5.38 Å². The van der Waals surface area contributed by atoms with Crippen molar-refractivity contribution in [1.82, 2.24) is 4.98 Å². The summed E-state index contributed by atoms with van der Waals surface area (Å²) in [6.07, 6.45) is 6.32. The Balaban J connectivity index is 1.78. The van der Waals surface area contributed by atoms with Crippen LogP contribution in [0.4, 0.5) is 0 Å². The SMILES string of the molecule is O=C([O-])Cc1csc(CC[NH+]2CCCCCC2)n1. The molecule has 1 aromatic heterocycles. The van der Waals surface area contributed by atoms with Gasteiger partial charge in [-0.15, -0.1) is 11.3 Å². The Morgan fingerprint density at radius 3 is 2.72 bits per heavy atom. The summed E-state index contributed by atoms with van der Waals surface area (Å²) in [5.74, 6) is -1.05. The van der Waals surface area contributed by atoms with Gasteiger partial charge in [0.2, 0.25) is 0 Å². The number of likely N-dealkylation sites (tertiary alicyclic amines) is 1. The molecule has 1 aliphatic heterocycles. The summed E-state index contributed by atoms with van der Waals surface area (Å²) in [5.41, 5.74) is 0.640. The molecule has 0 atom stereocenters. The van der Waals surface area contributed by atoms with E-state index in [-0.39, 0.29) is 6.42 Å². The predicted molar refractivity (Wildman–Crippen MR) is 68.6 cm³/mol. The van der Waals surface area contributed by atoms with Crippen molar-refractivity contribution in [3.63, 3.8) is 0 Å². The molecule has 0 bridgehead atoms. The minimum Gasteiger partial charge on any atom is -0.550 e. The molecule has 0 aliphatic carbocycles. The van der Waals surface area contributed by atoms with Crippen LogP contribution < -0.4 is 10.0 Å². The van der Waals surface area contributed by atoms with Crippen molar-refractivity contribution in [2.45, 2.75) is 38.5 Å². The fourth-order valence-corrected chi connectivity index (χ4v) is 3.25. The summed E-state index contributed by atoms with van der Waals surface area (Å²) in [5, 5.41) is 13.4. The van der Waals surface area contributed by atoms with Gasteiger partial charge in [-0.3, -0.25) is 0 Å². The van der Waals surface area contributed by atoms with E-state index in [1.54, 1.807) is 16.2 Å². The lowest BCUT2D eigenvalue weighted by Gasteiger charge is -2.15. The molecule has 4 nitrogen and oxygen atoms in total. The number of nitrogens with one attached hydrogen (secondary N) is 1. The Morgan fingerprint density at radius 1 is 1.33 bits per heavy atom. The Morgan fingerprint density at radius 2 is 2.06 bits per heavy atom. The highest BCUT2D eigenvalue weighted by Gasteiger charge is 2.13. The topological polar surface area (TPSA) is 57.5 Å². The molecule has 1 saturated heterocycles. The van der Waals surface area contributed by atoms with Gasteiger partial charge >= 0.3 is 0 Å². The van der Waals surface area contributed by atoms with Crippen LogP contribution in [0.5, 0.6) is 0 Å². The largest absolute Gasteiger partial charge is 0.550 e. The standard InChI is InChI=1S/C13H20N2O2S/c16-13(17)9-11-10-18-12(14-11)5-8-15-6-3-1-2-4-7-15/h10H,1-9H2,(H,16,17). The van der Waals surface area contributed by atoms with Crippen molar-refractivity contribution in [3.05, 3.63) is 16.1 Å². The molecule has 100 valence electrons. The van der Waals surface area contributed by atoms with Crippen molar-refractivity contribution in [2.75, 3.05) is 19.6 Å². The van der Waals surface area contributed by atoms with Crippen molar-refractivity contribution in [2.24, 2.45) is 0 Å². The molecule has 0 saturated carbocycles. The first kappa shape index (κ1) is 13.5. The second-order valence-corrected chi connectivity index (χ2v) is 5.89. The van der Waals surface area contributed by atoms with Gasteiger partial charge in [-0.05, 0) is 25.7 Å². The predicted octanol–water partition coefficient (Wildman–Crippen LogP) is -0.563. The van der Waals surface area contributed by atoms with Gasteiger partial charge in [0.15, 0.2) is 0 Å². The third-order valence-electron chi connectivity index (χ3n) is 3.43. The van der Waals surface area contributed by atoms with Gasteiger partial charge in [-0.2, -0.15) is 0 Å². The number of carbonyl (C=O) groups is 1. The van der Waals surface area contributed by atoms with Crippen molar-refractivity contribution in [1.29, 1.82) is 0 Å². The first-order chi connectivity index (χ1) is 8.74. The minimum absolute atomic E-state index is 0.0624. The van der Waals surface area contributed by atoms with Gasteiger partial charge in [0.25, 0.3) is 0 Å². The van der Waals surface area contributed by atoms with Gasteiger partial charge in [-0.25, -0.2) is 4.98 Å². The van der Waals surface area contributed by atoms with Crippen LogP contribution in [0.15, 0.2) is 5.38 Å². The first-order valence-electron chi connectivity index (χ1n) is 6.71. The molecule has 0 spiro atoms. The molecule has 1 fully saturated rings. The third-order valence-corrected chi connectivity index (χ3v) is 4.39. The number of aliphatic carboxylic acids is 1. The van der Waals surface area contributed by atoms with Crippen molar-refractivity contribution < 1.29 is 14.8 Å². The number of rotatable bonds is 5. The van der Waals surface area contributed by atoms with Crippen LogP contribution >= 0.6 is 11.3 Å². The van der Waals surface area contributed by atoms with Crippen LogP contribution in [0.3, 0.4) is 0 Å². The maximum atomic E-state index is 10.5. The Labute approximate surface area is 112 Å². The highest BCUT2D eigenvalue weighted by molar-refractivity contribution is 7.09. The lowest BCUT2D eigenvalue weighted by Crippen LogP contribution is -3.12. The molecular weight excluding hydrogens is 248 g/mol. The van der Waals surface area contributed by atoms with Crippen LogP contribution in [0, 0.1) is 0 Å². The van der Waals surface area contributed by atoms with Gasteiger partial charge in [0, 0.05) is 24.2 Å². The average Bonchev–Trinajstić information content (AvgIpc) is 2.61. The highest BCUT2D eigenvalue weighted by Crippen LogP contribution is 2.10. The second-order valence-electron chi connectivity index (χ2n) is 4.95. The maximum Gasteiger partial charge on any atom is 0.0984 e. The second kappa shape index (κ2) is 6.85. The fraction of sp³-hybridized carbons (Fsp3) is 0.692. The summed E-state index contributed by atoms with van der Waals surface area (Å²) in [6.45, 7) is 3.67. The molecule has 5 heteroatoms. The fourth-order valence-electron chi connectivity index (χ4n) is 2.46. The molecule has 1 aliphatic rings. The molecule has 0 radical (unpaired) electrons. The van der Waals surface area contributed by atoms with Gasteiger partial charge in [-0.1, -0.05) is 0 Å². The molecule has 1 N–H and O–H groups in total. The quantitative estimate of drug-likeness (QED) is 0.778.